The lowest BCUT2D eigenvalue weighted by molar-refractivity contribution is 0.0846. The number of nitrogens with one attached hydrogen (secondary N) is 2. The lowest BCUT2D eigenvalue weighted by atomic mass is 10.1. The number of pyridine rings is 1. The average Bonchev–Trinajstić information content (AvgIpc) is 2.52. The predicted octanol–water partition coefficient (Wildman–Crippen LogP) is 2.48. The molecule has 0 bridgehead atoms. The molecular formula is C15H14BrN3O2. The van der Waals surface area contributed by atoms with E-state index in [1.165, 1.54) is 6.20 Å². The fourth-order valence-electron chi connectivity index (χ4n) is 1.69. The molecule has 0 radical (unpaired) electrons. The fraction of sp³-hybridized carbons (Fsp3) is 0.133. The summed E-state index contributed by atoms with van der Waals surface area (Å²) in [5, 5.41) is 0. The largest absolute Gasteiger partial charge is 0.271 e. The topological polar surface area (TPSA) is 71.1 Å². The fourth-order valence-corrected chi connectivity index (χ4v) is 2.05. The molecule has 0 unspecified atom stereocenters. The van der Waals surface area contributed by atoms with Crippen LogP contribution in [0.15, 0.2) is 47.2 Å². The molecule has 2 rings (SSSR count). The molecule has 1 heterocycles. The van der Waals surface area contributed by atoms with Gasteiger partial charge in [0.15, 0.2) is 0 Å². The van der Waals surface area contributed by atoms with E-state index in [1.807, 2.05) is 19.1 Å². The molecule has 21 heavy (non-hydrogen) atoms. The van der Waals surface area contributed by atoms with Crippen LogP contribution in [-0.2, 0) is 6.42 Å². The van der Waals surface area contributed by atoms with Crippen molar-refractivity contribution in [3.63, 3.8) is 0 Å². The number of carbonyl (C=O) groups is 2. The van der Waals surface area contributed by atoms with Crippen LogP contribution >= 0.6 is 15.9 Å². The van der Waals surface area contributed by atoms with Crippen LogP contribution in [0.2, 0.25) is 0 Å². The smallest absolute Gasteiger partial charge is 0.267 e. The summed E-state index contributed by atoms with van der Waals surface area (Å²) in [5.74, 6) is -0.795. The Morgan fingerprint density at radius 3 is 2.24 bits per heavy atom. The third-order valence-electron chi connectivity index (χ3n) is 2.88. The molecule has 1 aromatic carbocycles. The van der Waals surface area contributed by atoms with Gasteiger partial charge in [0.25, 0.3) is 11.8 Å². The molecule has 0 atom stereocenters. The minimum Gasteiger partial charge on any atom is -0.267 e. The van der Waals surface area contributed by atoms with Gasteiger partial charge in [-0.25, -0.2) is 0 Å². The summed E-state index contributed by atoms with van der Waals surface area (Å²) in [4.78, 5) is 27.6. The van der Waals surface area contributed by atoms with E-state index in [0.717, 1.165) is 12.0 Å². The van der Waals surface area contributed by atoms with Crippen LogP contribution in [0.5, 0.6) is 0 Å². The van der Waals surface area contributed by atoms with Crippen LogP contribution in [0.1, 0.15) is 33.2 Å². The number of halogens is 1. The van der Waals surface area contributed by atoms with E-state index in [4.69, 9.17) is 0 Å². The first-order valence-corrected chi connectivity index (χ1v) is 7.19. The lowest BCUT2D eigenvalue weighted by Crippen LogP contribution is -2.41. The maximum Gasteiger partial charge on any atom is 0.271 e. The van der Waals surface area contributed by atoms with Gasteiger partial charge in [0.1, 0.15) is 0 Å². The molecule has 2 N–H and O–H groups in total. The molecule has 6 heteroatoms. The van der Waals surface area contributed by atoms with Gasteiger partial charge in [-0.1, -0.05) is 19.1 Å². The number of hydrazine groups is 1. The van der Waals surface area contributed by atoms with Gasteiger partial charge in [-0.3, -0.25) is 25.4 Å². The number of carbonyl (C=O) groups excluding carboxylic acids is 2. The molecule has 2 aromatic rings. The van der Waals surface area contributed by atoms with Crippen molar-refractivity contribution in [1.82, 2.24) is 15.8 Å². The van der Waals surface area contributed by atoms with Gasteiger partial charge in [-0.05, 0) is 46.1 Å². The Labute approximate surface area is 130 Å². The number of benzene rings is 1. The van der Waals surface area contributed by atoms with Crippen LogP contribution in [-0.4, -0.2) is 16.8 Å². The number of hydrogen-bond acceptors (Lipinski definition) is 3. The summed E-state index contributed by atoms with van der Waals surface area (Å²) in [5.41, 5.74) is 6.71. The van der Waals surface area contributed by atoms with Gasteiger partial charge in [0.05, 0.1) is 5.56 Å². The van der Waals surface area contributed by atoms with Crippen molar-refractivity contribution in [3.05, 3.63) is 63.9 Å². The van der Waals surface area contributed by atoms with E-state index < -0.39 is 5.91 Å². The maximum absolute atomic E-state index is 11.9. The highest BCUT2D eigenvalue weighted by molar-refractivity contribution is 9.10. The number of aromatic nitrogens is 1. The van der Waals surface area contributed by atoms with Gasteiger partial charge in [0.2, 0.25) is 0 Å². The second kappa shape index (κ2) is 6.99. The van der Waals surface area contributed by atoms with Crippen LogP contribution in [0.25, 0.3) is 0 Å². The molecular weight excluding hydrogens is 334 g/mol. The maximum atomic E-state index is 11.9. The van der Waals surface area contributed by atoms with Gasteiger partial charge in [0, 0.05) is 22.4 Å². The van der Waals surface area contributed by atoms with Gasteiger partial charge < -0.3 is 0 Å². The zero-order valence-electron chi connectivity index (χ0n) is 11.4. The van der Waals surface area contributed by atoms with Crippen molar-refractivity contribution in [2.45, 2.75) is 13.3 Å². The zero-order valence-corrected chi connectivity index (χ0v) is 13.0. The van der Waals surface area contributed by atoms with Gasteiger partial charge >= 0.3 is 0 Å². The summed E-state index contributed by atoms with van der Waals surface area (Å²) < 4.78 is 0.691. The van der Waals surface area contributed by atoms with Crippen molar-refractivity contribution >= 4 is 27.7 Å². The second-order valence-corrected chi connectivity index (χ2v) is 5.27. The highest BCUT2D eigenvalue weighted by Gasteiger charge is 2.09. The molecule has 2 amide bonds. The predicted molar refractivity (Wildman–Crippen MR) is 82.7 cm³/mol. The van der Waals surface area contributed by atoms with Crippen molar-refractivity contribution < 1.29 is 9.59 Å². The molecule has 1 aromatic heterocycles. The van der Waals surface area contributed by atoms with E-state index in [9.17, 15) is 9.59 Å². The van der Waals surface area contributed by atoms with Crippen LogP contribution in [0.4, 0.5) is 0 Å². The third-order valence-corrected chi connectivity index (χ3v) is 3.31. The third kappa shape index (κ3) is 4.13. The monoisotopic (exact) mass is 347 g/mol. The number of hydrogen-bond donors (Lipinski definition) is 2. The zero-order chi connectivity index (χ0) is 15.2. The summed E-state index contributed by atoms with van der Waals surface area (Å²) in [6, 6.07) is 8.83. The molecule has 0 aliphatic rings. The molecule has 5 nitrogen and oxygen atoms in total. The lowest BCUT2D eigenvalue weighted by Gasteiger charge is -2.08. The van der Waals surface area contributed by atoms with E-state index in [1.54, 1.807) is 24.4 Å². The molecule has 0 aliphatic heterocycles. The highest BCUT2D eigenvalue weighted by Crippen LogP contribution is 2.09. The Balaban J connectivity index is 1.95. The van der Waals surface area contributed by atoms with Crippen LogP contribution < -0.4 is 10.9 Å². The Morgan fingerprint density at radius 2 is 1.67 bits per heavy atom. The molecule has 0 saturated carbocycles. The number of rotatable bonds is 3. The minimum absolute atomic E-state index is 0.353. The molecule has 0 aliphatic carbocycles. The first kappa shape index (κ1) is 15.2. The first-order valence-electron chi connectivity index (χ1n) is 6.40. The SMILES string of the molecule is CCc1ccc(C(=O)NNC(=O)c2cncc(Br)c2)cc1. The summed E-state index contributed by atoms with van der Waals surface area (Å²) in [6.45, 7) is 2.04. The van der Waals surface area contributed by atoms with Crippen molar-refractivity contribution in [3.8, 4) is 0 Å². The molecule has 0 saturated heterocycles. The standard InChI is InChI=1S/C15H14BrN3O2/c1-2-10-3-5-11(6-4-10)14(20)18-19-15(21)12-7-13(16)9-17-8-12/h3-9H,2H2,1H3,(H,18,20)(H,19,21). The van der Waals surface area contributed by atoms with Crippen molar-refractivity contribution in [2.75, 3.05) is 0 Å². The number of nitrogens with zero attached hydrogens (tertiary/aromatic N) is 1. The van der Waals surface area contributed by atoms with E-state index in [2.05, 4.69) is 31.8 Å². The number of amides is 2. The Morgan fingerprint density at radius 1 is 1.05 bits per heavy atom. The molecule has 0 spiro atoms. The number of aryl methyl sites for hydroxylation is 1. The second-order valence-electron chi connectivity index (χ2n) is 4.35. The average molecular weight is 348 g/mol. The normalized spacial score (nSPS) is 10.0. The van der Waals surface area contributed by atoms with Gasteiger partial charge in [-0.2, -0.15) is 0 Å². The minimum atomic E-state index is -0.428. The van der Waals surface area contributed by atoms with E-state index in [0.29, 0.717) is 15.6 Å². The summed E-state index contributed by atoms with van der Waals surface area (Å²) in [6.07, 6.45) is 3.90. The molecule has 0 fully saturated rings. The Kier molecular flexibility index (Phi) is 5.05. The van der Waals surface area contributed by atoms with E-state index in [-0.39, 0.29) is 5.91 Å². The summed E-state index contributed by atoms with van der Waals surface area (Å²) >= 11 is 3.23. The van der Waals surface area contributed by atoms with Crippen molar-refractivity contribution in [1.29, 1.82) is 0 Å². The quantitative estimate of drug-likeness (QED) is 0.838. The van der Waals surface area contributed by atoms with Crippen molar-refractivity contribution in [2.24, 2.45) is 0 Å². The molecule has 108 valence electrons. The van der Waals surface area contributed by atoms with Crippen LogP contribution in [0.3, 0.4) is 0 Å². The Bertz CT molecular complexity index is 656. The van der Waals surface area contributed by atoms with Crippen LogP contribution in [0, 0.1) is 0 Å². The Hall–Kier alpha value is -2.21. The highest BCUT2D eigenvalue weighted by atomic mass is 79.9. The van der Waals surface area contributed by atoms with E-state index >= 15 is 0 Å². The summed E-state index contributed by atoms with van der Waals surface area (Å²) in [7, 11) is 0. The van der Waals surface area contributed by atoms with Gasteiger partial charge in [-0.15, -0.1) is 0 Å². The first-order chi connectivity index (χ1) is 10.1.